The maximum Gasteiger partial charge on any atom is 0.342 e. The fourth-order valence-corrected chi connectivity index (χ4v) is 2.03. The van der Waals surface area contributed by atoms with Crippen LogP contribution in [0.1, 0.15) is 34.7 Å². The van der Waals surface area contributed by atoms with Gasteiger partial charge in [-0.1, -0.05) is 12.2 Å². The van der Waals surface area contributed by atoms with Crippen LogP contribution >= 0.6 is 12.2 Å². The average Bonchev–Trinajstić information content (AvgIpc) is 3.00. The first kappa shape index (κ1) is 11.3. The van der Waals surface area contributed by atoms with E-state index in [0.29, 0.717) is 10.2 Å². The van der Waals surface area contributed by atoms with Gasteiger partial charge in [0.15, 0.2) is 0 Å². The number of nitrogens with zero attached hydrogens (tertiary/aromatic N) is 1. The number of carbonyl (C=O) groups excluding carboxylic acids is 1. The summed E-state index contributed by atoms with van der Waals surface area (Å²) in [5.74, 6) is 1.18. The zero-order chi connectivity index (χ0) is 11.7. The monoisotopic (exact) mass is 238 g/mol. The first-order valence-corrected chi connectivity index (χ1v) is 5.70. The molecular formula is C11H14N2O2S. The number of rotatable bonds is 3. The molecule has 1 N–H and O–H groups in total. The Kier molecular flexibility index (Phi) is 3.05. The predicted molar refractivity (Wildman–Crippen MR) is 61.9 cm³/mol. The zero-order valence-electron chi connectivity index (χ0n) is 9.37. The summed E-state index contributed by atoms with van der Waals surface area (Å²) in [7, 11) is 1.34. The predicted octanol–water partition coefficient (Wildman–Crippen LogP) is 2.19. The van der Waals surface area contributed by atoms with Crippen molar-refractivity contribution < 1.29 is 9.53 Å². The summed E-state index contributed by atoms with van der Waals surface area (Å²) in [5, 5.41) is 0. The van der Waals surface area contributed by atoms with E-state index in [1.165, 1.54) is 20.0 Å². The van der Waals surface area contributed by atoms with Crippen molar-refractivity contribution in [1.29, 1.82) is 0 Å². The van der Waals surface area contributed by atoms with Crippen molar-refractivity contribution in [2.24, 2.45) is 5.92 Å². The molecule has 0 aromatic carbocycles. The van der Waals surface area contributed by atoms with Crippen molar-refractivity contribution in [3.63, 3.8) is 0 Å². The van der Waals surface area contributed by atoms with Gasteiger partial charge in [-0.25, -0.2) is 9.78 Å². The van der Waals surface area contributed by atoms with Crippen LogP contribution in [0, 0.1) is 17.5 Å². The van der Waals surface area contributed by atoms with Gasteiger partial charge < -0.3 is 9.72 Å². The number of aromatic amines is 1. The molecule has 1 aromatic rings. The van der Waals surface area contributed by atoms with Crippen LogP contribution in [0.2, 0.25) is 0 Å². The summed E-state index contributed by atoms with van der Waals surface area (Å²) >= 11 is 5.11. The van der Waals surface area contributed by atoms with Crippen molar-refractivity contribution in [3.05, 3.63) is 21.7 Å². The van der Waals surface area contributed by atoms with E-state index in [1.807, 2.05) is 6.92 Å². The number of aromatic nitrogens is 2. The normalized spacial score (nSPS) is 14.9. The SMILES string of the molecule is COC(=O)c1c(C)[nH]c(CC2CC2)nc1=S. The van der Waals surface area contributed by atoms with Crippen LogP contribution in [-0.4, -0.2) is 23.0 Å². The van der Waals surface area contributed by atoms with Gasteiger partial charge in [0.05, 0.1) is 7.11 Å². The molecule has 0 aliphatic heterocycles. The van der Waals surface area contributed by atoms with Crippen molar-refractivity contribution >= 4 is 18.2 Å². The standard InChI is InChI=1S/C11H14N2O2S/c1-6-9(11(14)15-2)10(16)13-8(12-6)5-7-3-4-7/h7H,3-5H2,1-2H3,(H,12,13,16). The number of ether oxygens (including phenoxy) is 1. The smallest absolute Gasteiger partial charge is 0.342 e. The lowest BCUT2D eigenvalue weighted by Crippen LogP contribution is -2.10. The fraction of sp³-hybridized carbons (Fsp3) is 0.545. The second kappa shape index (κ2) is 4.33. The van der Waals surface area contributed by atoms with Crippen LogP contribution in [-0.2, 0) is 11.2 Å². The van der Waals surface area contributed by atoms with E-state index in [-0.39, 0.29) is 0 Å². The van der Waals surface area contributed by atoms with E-state index in [2.05, 4.69) is 14.7 Å². The second-order valence-corrected chi connectivity index (χ2v) is 4.51. The Bertz CT molecular complexity index is 477. The molecule has 0 radical (unpaired) electrons. The zero-order valence-corrected chi connectivity index (χ0v) is 10.2. The quantitative estimate of drug-likeness (QED) is 0.648. The largest absolute Gasteiger partial charge is 0.465 e. The maximum atomic E-state index is 11.5. The van der Waals surface area contributed by atoms with Gasteiger partial charge >= 0.3 is 5.97 Å². The molecule has 0 saturated heterocycles. The molecule has 4 nitrogen and oxygen atoms in total. The third kappa shape index (κ3) is 2.29. The highest BCUT2D eigenvalue weighted by Gasteiger charge is 2.23. The van der Waals surface area contributed by atoms with Gasteiger partial charge in [-0.15, -0.1) is 0 Å². The summed E-state index contributed by atoms with van der Waals surface area (Å²) in [6, 6.07) is 0. The Morgan fingerprint density at radius 3 is 2.81 bits per heavy atom. The van der Waals surface area contributed by atoms with E-state index in [9.17, 15) is 4.79 Å². The minimum absolute atomic E-state index is 0.332. The number of esters is 1. The highest BCUT2D eigenvalue weighted by molar-refractivity contribution is 7.71. The van der Waals surface area contributed by atoms with E-state index < -0.39 is 5.97 Å². The molecule has 0 unspecified atom stereocenters. The number of hydrogen-bond donors (Lipinski definition) is 1. The Morgan fingerprint density at radius 2 is 2.31 bits per heavy atom. The van der Waals surface area contributed by atoms with Gasteiger partial charge in [0, 0.05) is 12.1 Å². The lowest BCUT2D eigenvalue weighted by molar-refractivity contribution is 0.0598. The van der Waals surface area contributed by atoms with Crippen LogP contribution in [0.3, 0.4) is 0 Å². The van der Waals surface area contributed by atoms with Crippen molar-refractivity contribution in [2.75, 3.05) is 7.11 Å². The molecule has 1 aliphatic rings. The molecule has 1 aromatic heterocycles. The Hall–Kier alpha value is -1.23. The van der Waals surface area contributed by atoms with E-state index in [4.69, 9.17) is 12.2 Å². The fourth-order valence-electron chi connectivity index (χ4n) is 1.68. The molecule has 2 rings (SSSR count). The summed E-state index contributed by atoms with van der Waals surface area (Å²) in [4.78, 5) is 18.8. The van der Waals surface area contributed by atoms with Gasteiger partial charge in [-0.3, -0.25) is 0 Å². The lowest BCUT2D eigenvalue weighted by atomic mass is 10.2. The molecule has 0 atom stereocenters. The van der Waals surface area contributed by atoms with E-state index in [0.717, 1.165) is 23.9 Å². The summed E-state index contributed by atoms with van der Waals surface area (Å²) in [6.07, 6.45) is 3.45. The number of H-pyrrole nitrogens is 1. The van der Waals surface area contributed by atoms with Gasteiger partial charge in [0.25, 0.3) is 0 Å². The molecule has 86 valence electrons. The topological polar surface area (TPSA) is 55.0 Å². The number of hydrogen-bond acceptors (Lipinski definition) is 4. The second-order valence-electron chi connectivity index (χ2n) is 4.13. The highest BCUT2D eigenvalue weighted by Crippen LogP contribution is 2.31. The number of nitrogens with one attached hydrogen (secondary N) is 1. The molecule has 0 spiro atoms. The maximum absolute atomic E-state index is 11.5. The van der Waals surface area contributed by atoms with E-state index in [1.54, 1.807) is 0 Å². The van der Waals surface area contributed by atoms with Crippen molar-refractivity contribution in [1.82, 2.24) is 9.97 Å². The first-order valence-electron chi connectivity index (χ1n) is 5.30. The van der Waals surface area contributed by atoms with Crippen LogP contribution < -0.4 is 0 Å². The molecule has 1 fully saturated rings. The Labute approximate surface area is 99.1 Å². The Balaban J connectivity index is 2.34. The minimum Gasteiger partial charge on any atom is -0.465 e. The summed E-state index contributed by atoms with van der Waals surface area (Å²) in [6.45, 7) is 1.82. The van der Waals surface area contributed by atoms with E-state index >= 15 is 0 Å². The van der Waals surface area contributed by atoms with Gasteiger partial charge in [0.1, 0.15) is 16.0 Å². The number of aryl methyl sites for hydroxylation is 1. The Morgan fingerprint density at radius 1 is 1.62 bits per heavy atom. The van der Waals surface area contributed by atoms with Crippen LogP contribution in [0.5, 0.6) is 0 Å². The third-order valence-electron chi connectivity index (χ3n) is 2.73. The molecule has 1 aliphatic carbocycles. The van der Waals surface area contributed by atoms with Gasteiger partial charge in [-0.2, -0.15) is 0 Å². The summed E-state index contributed by atoms with van der Waals surface area (Å²) < 4.78 is 5.00. The molecule has 1 saturated carbocycles. The number of carbonyl (C=O) groups is 1. The number of methoxy groups -OCH3 is 1. The van der Waals surface area contributed by atoms with Crippen LogP contribution in [0.4, 0.5) is 0 Å². The first-order chi connectivity index (χ1) is 7.61. The van der Waals surface area contributed by atoms with Gasteiger partial charge in [-0.05, 0) is 25.7 Å². The van der Waals surface area contributed by atoms with Crippen molar-refractivity contribution in [2.45, 2.75) is 26.2 Å². The van der Waals surface area contributed by atoms with Gasteiger partial charge in [0.2, 0.25) is 0 Å². The lowest BCUT2D eigenvalue weighted by Gasteiger charge is -2.06. The molecule has 1 heterocycles. The molecular weight excluding hydrogens is 224 g/mol. The van der Waals surface area contributed by atoms with Crippen LogP contribution in [0.25, 0.3) is 0 Å². The third-order valence-corrected chi connectivity index (χ3v) is 3.02. The van der Waals surface area contributed by atoms with Crippen molar-refractivity contribution in [3.8, 4) is 0 Å². The molecule has 0 bridgehead atoms. The molecule has 5 heteroatoms. The average molecular weight is 238 g/mol. The van der Waals surface area contributed by atoms with Crippen LogP contribution in [0.15, 0.2) is 0 Å². The highest BCUT2D eigenvalue weighted by atomic mass is 32.1. The molecule has 16 heavy (non-hydrogen) atoms. The minimum atomic E-state index is -0.427. The molecule has 0 amide bonds. The summed E-state index contributed by atoms with van der Waals surface area (Å²) in [5.41, 5.74) is 1.11.